The Balaban J connectivity index is 1.28. The van der Waals surface area contributed by atoms with Crippen LogP contribution in [-0.2, 0) is 47.1 Å². The molecule has 1 aliphatic carbocycles. The van der Waals surface area contributed by atoms with Gasteiger partial charge >= 0.3 is 0 Å². The van der Waals surface area contributed by atoms with Crippen molar-refractivity contribution in [3.63, 3.8) is 0 Å². The van der Waals surface area contributed by atoms with Crippen LogP contribution in [0.3, 0.4) is 0 Å². The van der Waals surface area contributed by atoms with Crippen LogP contribution in [0.15, 0.2) is 48.8 Å². The Kier molecular flexibility index (Phi) is 7.18. The van der Waals surface area contributed by atoms with Gasteiger partial charge in [-0.05, 0) is 59.9 Å². The summed E-state index contributed by atoms with van der Waals surface area (Å²) in [6.45, 7) is 6.56. The van der Waals surface area contributed by atoms with E-state index in [4.69, 9.17) is 0 Å². The molecule has 0 saturated heterocycles. The number of carbonyl (C=O) groups is 2. The largest absolute Gasteiger partial charge is 0.299 e. The lowest BCUT2D eigenvalue weighted by Crippen LogP contribution is -2.12. The van der Waals surface area contributed by atoms with Gasteiger partial charge in [0.25, 0.3) is 0 Å². The molecule has 0 spiro atoms. The third kappa shape index (κ3) is 6.91. The number of hydrogen-bond donors (Lipinski definition) is 0. The molecule has 0 bridgehead atoms. The predicted octanol–water partition coefficient (Wildman–Crippen LogP) is 5.50. The highest BCUT2D eigenvalue weighted by atomic mass is 32.1. The molecule has 172 valence electrons. The van der Waals surface area contributed by atoms with Crippen LogP contribution in [0.5, 0.6) is 0 Å². The summed E-state index contributed by atoms with van der Waals surface area (Å²) in [5.41, 5.74) is 4.45. The van der Waals surface area contributed by atoms with E-state index in [1.807, 2.05) is 24.4 Å². The van der Waals surface area contributed by atoms with Crippen LogP contribution in [0, 0.1) is 5.92 Å². The second-order valence-corrected chi connectivity index (χ2v) is 11.3. The van der Waals surface area contributed by atoms with Gasteiger partial charge in [0.05, 0.1) is 6.42 Å². The molecule has 4 rings (SSSR count). The summed E-state index contributed by atoms with van der Waals surface area (Å²) in [4.78, 5) is 34.7. The third-order valence-electron chi connectivity index (χ3n) is 6.07. The number of nitrogens with zero attached hydrogens (tertiary/aromatic N) is 2. The first-order chi connectivity index (χ1) is 15.8. The van der Waals surface area contributed by atoms with Gasteiger partial charge in [0.15, 0.2) is 0 Å². The van der Waals surface area contributed by atoms with Gasteiger partial charge < -0.3 is 0 Å². The van der Waals surface area contributed by atoms with Crippen molar-refractivity contribution in [2.45, 2.75) is 71.1 Å². The number of ketones is 2. The van der Waals surface area contributed by atoms with E-state index in [9.17, 15) is 9.59 Å². The molecule has 2 heterocycles. The first kappa shape index (κ1) is 23.5. The first-order valence-electron chi connectivity index (χ1n) is 11.8. The summed E-state index contributed by atoms with van der Waals surface area (Å²) in [6, 6.07) is 12.4. The fourth-order valence-corrected chi connectivity index (χ4v) is 4.88. The second-order valence-electron chi connectivity index (χ2n) is 10.1. The molecule has 1 aliphatic rings. The van der Waals surface area contributed by atoms with Gasteiger partial charge in [-0.25, -0.2) is 4.98 Å². The normalized spacial score (nSPS) is 13.8. The number of Topliss-reactive ketones (excluding diaryl/α,β-unsaturated/α-hetero) is 2. The Hall–Kier alpha value is -2.66. The zero-order valence-electron chi connectivity index (χ0n) is 19.8. The van der Waals surface area contributed by atoms with E-state index in [2.05, 4.69) is 48.9 Å². The van der Waals surface area contributed by atoms with Crippen molar-refractivity contribution in [2.24, 2.45) is 5.92 Å². The highest BCUT2D eigenvalue weighted by molar-refractivity contribution is 7.11. The smallest absolute Gasteiger partial charge is 0.144 e. The van der Waals surface area contributed by atoms with Gasteiger partial charge in [-0.15, -0.1) is 11.3 Å². The SMILES string of the molecule is CC(C)(C)c1cccc(CC(=O)Cc2ncc(CCc3ccnc(CC(=O)C4CC4)c3)s2)c1. The number of aryl methyl sites for hydroxylation is 2. The predicted molar refractivity (Wildman–Crippen MR) is 133 cm³/mol. The molecule has 0 amide bonds. The molecule has 0 radical (unpaired) electrons. The van der Waals surface area contributed by atoms with Crippen LogP contribution in [0.25, 0.3) is 0 Å². The first-order valence-corrected chi connectivity index (χ1v) is 12.6. The molecule has 0 unspecified atom stereocenters. The monoisotopic (exact) mass is 460 g/mol. The molecule has 1 saturated carbocycles. The van der Waals surface area contributed by atoms with Crippen LogP contribution in [-0.4, -0.2) is 21.5 Å². The van der Waals surface area contributed by atoms with Crippen LogP contribution in [0.4, 0.5) is 0 Å². The molecule has 33 heavy (non-hydrogen) atoms. The summed E-state index contributed by atoms with van der Waals surface area (Å²) < 4.78 is 0. The highest BCUT2D eigenvalue weighted by Gasteiger charge is 2.29. The van der Waals surface area contributed by atoms with Gasteiger partial charge in [0.2, 0.25) is 0 Å². The molecular formula is C28H32N2O2S. The number of pyridine rings is 1. The number of thiazole rings is 1. The van der Waals surface area contributed by atoms with Crippen molar-refractivity contribution in [1.29, 1.82) is 0 Å². The van der Waals surface area contributed by atoms with E-state index in [0.29, 0.717) is 25.0 Å². The fraction of sp³-hybridized carbons (Fsp3) is 0.429. The maximum atomic E-state index is 12.6. The van der Waals surface area contributed by atoms with Crippen molar-refractivity contribution in [3.05, 3.63) is 81.1 Å². The Bertz CT molecular complexity index is 1140. The molecular weight excluding hydrogens is 428 g/mol. The van der Waals surface area contributed by atoms with Crippen molar-refractivity contribution < 1.29 is 9.59 Å². The molecule has 4 nitrogen and oxygen atoms in total. The maximum Gasteiger partial charge on any atom is 0.144 e. The topological polar surface area (TPSA) is 59.9 Å². The van der Waals surface area contributed by atoms with E-state index < -0.39 is 0 Å². The molecule has 0 atom stereocenters. The Morgan fingerprint density at radius 1 is 0.970 bits per heavy atom. The molecule has 5 heteroatoms. The molecule has 1 fully saturated rings. The second kappa shape index (κ2) is 10.1. The number of benzene rings is 1. The summed E-state index contributed by atoms with van der Waals surface area (Å²) in [5, 5.41) is 0.882. The zero-order valence-corrected chi connectivity index (χ0v) is 20.6. The minimum atomic E-state index is 0.0750. The minimum Gasteiger partial charge on any atom is -0.299 e. The van der Waals surface area contributed by atoms with E-state index in [1.54, 1.807) is 17.5 Å². The number of carbonyl (C=O) groups excluding carboxylic acids is 2. The van der Waals surface area contributed by atoms with E-state index in [1.165, 1.54) is 16.0 Å². The van der Waals surface area contributed by atoms with Crippen molar-refractivity contribution in [2.75, 3.05) is 0 Å². The van der Waals surface area contributed by atoms with Crippen molar-refractivity contribution in [1.82, 2.24) is 9.97 Å². The average molecular weight is 461 g/mol. The van der Waals surface area contributed by atoms with E-state index in [-0.39, 0.29) is 17.1 Å². The molecule has 3 aromatic rings. The summed E-state index contributed by atoms with van der Waals surface area (Å²) in [7, 11) is 0. The van der Waals surface area contributed by atoms with E-state index >= 15 is 0 Å². The number of rotatable bonds is 10. The summed E-state index contributed by atoms with van der Waals surface area (Å²) >= 11 is 1.62. The lowest BCUT2D eigenvalue weighted by atomic mass is 9.86. The lowest BCUT2D eigenvalue weighted by Gasteiger charge is -2.19. The van der Waals surface area contributed by atoms with E-state index in [0.717, 1.165) is 41.9 Å². The Morgan fingerprint density at radius 2 is 1.79 bits per heavy atom. The van der Waals surface area contributed by atoms with Crippen LogP contribution in [0.2, 0.25) is 0 Å². The molecule has 0 aliphatic heterocycles. The zero-order chi connectivity index (χ0) is 23.4. The Morgan fingerprint density at radius 3 is 2.55 bits per heavy atom. The molecule has 1 aromatic carbocycles. The van der Waals surface area contributed by atoms with Gasteiger partial charge in [-0.3, -0.25) is 14.6 Å². The fourth-order valence-electron chi connectivity index (χ4n) is 3.93. The number of aromatic nitrogens is 2. The third-order valence-corrected chi connectivity index (χ3v) is 7.13. The number of hydrogen-bond acceptors (Lipinski definition) is 5. The quantitative estimate of drug-likeness (QED) is 0.401. The van der Waals surface area contributed by atoms with Gasteiger partial charge in [0.1, 0.15) is 16.6 Å². The maximum absolute atomic E-state index is 12.6. The Labute approximate surface area is 200 Å². The highest BCUT2D eigenvalue weighted by Crippen LogP contribution is 2.30. The van der Waals surface area contributed by atoms with Crippen LogP contribution < -0.4 is 0 Å². The summed E-state index contributed by atoms with van der Waals surface area (Å²) in [6.07, 6.45) is 8.80. The van der Waals surface area contributed by atoms with Gasteiger partial charge in [0, 0.05) is 41.7 Å². The van der Waals surface area contributed by atoms with Crippen molar-refractivity contribution in [3.8, 4) is 0 Å². The minimum absolute atomic E-state index is 0.0750. The van der Waals surface area contributed by atoms with Gasteiger partial charge in [-0.2, -0.15) is 0 Å². The average Bonchev–Trinajstić information content (AvgIpc) is 3.53. The molecule has 2 aromatic heterocycles. The van der Waals surface area contributed by atoms with Crippen LogP contribution >= 0.6 is 11.3 Å². The van der Waals surface area contributed by atoms with Gasteiger partial charge in [-0.1, -0.05) is 45.0 Å². The lowest BCUT2D eigenvalue weighted by molar-refractivity contribution is -0.119. The standard InChI is InChI=1S/C28H32N2O2S/c1-28(2,3)22-6-4-5-20(13-22)15-24(31)17-27-30-18-25(33-27)10-7-19-11-12-29-23(14-19)16-26(32)21-8-9-21/h4-6,11-14,18,21H,7-10,15-17H2,1-3H3. The summed E-state index contributed by atoms with van der Waals surface area (Å²) in [5.74, 6) is 0.791. The molecule has 0 N–H and O–H groups in total. The van der Waals surface area contributed by atoms with Crippen molar-refractivity contribution >= 4 is 22.9 Å². The van der Waals surface area contributed by atoms with Crippen LogP contribution in [0.1, 0.15) is 65.9 Å².